The van der Waals surface area contributed by atoms with Crippen molar-refractivity contribution in [1.29, 1.82) is 0 Å². The van der Waals surface area contributed by atoms with E-state index in [1.807, 2.05) is 12.1 Å². The van der Waals surface area contributed by atoms with E-state index in [2.05, 4.69) is 10.2 Å². The molecule has 1 aromatic heterocycles. The lowest BCUT2D eigenvalue weighted by atomic mass is 10.1. The molecular formula is C12H10ClN3O2. The first-order chi connectivity index (χ1) is 8.74. The molecule has 1 aliphatic rings. The summed E-state index contributed by atoms with van der Waals surface area (Å²) in [5, 5.41) is 8.15. The largest absolute Gasteiger partial charge is 0.428 e. The van der Waals surface area contributed by atoms with Gasteiger partial charge in [-0.25, -0.2) is 0 Å². The van der Waals surface area contributed by atoms with Crippen molar-refractivity contribution in [3.63, 3.8) is 0 Å². The van der Waals surface area contributed by atoms with Gasteiger partial charge in [0.2, 0.25) is 18.2 Å². The summed E-state index contributed by atoms with van der Waals surface area (Å²) in [4.78, 5) is 13.7. The van der Waals surface area contributed by atoms with Gasteiger partial charge in [-0.3, -0.25) is 4.79 Å². The Morgan fingerprint density at radius 2 is 2.11 bits per heavy atom. The maximum absolute atomic E-state index is 12.0. The highest BCUT2D eigenvalue weighted by molar-refractivity contribution is 6.30. The SMILES string of the molecule is O=C1C[C@@H](c2nnco2)CN1c1ccc(Cl)cc1. The zero-order valence-corrected chi connectivity index (χ0v) is 10.2. The van der Waals surface area contributed by atoms with Gasteiger partial charge in [-0.15, -0.1) is 10.2 Å². The Kier molecular flexibility index (Phi) is 2.76. The monoisotopic (exact) mass is 263 g/mol. The van der Waals surface area contributed by atoms with Crippen LogP contribution in [0.2, 0.25) is 5.02 Å². The minimum Gasteiger partial charge on any atom is -0.428 e. The van der Waals surface area contributed by atoms with Crippen LogP contribution in [0, 0.1) is 0 Å². The van der Waals surface area contributed by atoms with E-state index in [-0.39, 0.29) is 11.8 Å². The number of hydrogen-bond acceptors (Lipinski definition) is 4. The van der Waals surface area contributed by atoms with Crippen LogP contribution in [0.3, 0.4) is 0 Å². The van der Waals surface area contributed by atoms with Crippen LogP contribution in [-0.2, 0) is 4.79 Å². The number of aromatic nitrogens is 2. The third kappa shape index (κ3) is 1.97. The number of nitrogens with zero attached hydrogens (tertiary/aromatic N) is 3. The Bertz CT molecular complexity index is 553. The van der Waals surface area contributed by atoms with E-state index >= 15 is 0 Å². The molecule has 6 heteroatoms. The number of carbonyl (C=O) groups is 1. The fourth-order valence-electron chi connectivity index (χ4n) is 2.10. The molecule has 2 heterocycles. The Morgan fingerprint density at radius 3 is 2.78 bits per heavy atom. The zero-order chi connectivity index (χ0) is 12.5. The van der Waals surface area contributed by atoms with Crippen molar-refractivity contribution in [3.05, 3.63) is 41.6 Å². The summed E-state index contributed by atoms with van der Waals surface area (Å²) in [7, 11) is 0. The van der Waals surface area contributed by atoms with E-state index < -0.39 is 0 Å². The smallest absolute Gasteiger partial charge is 0.227 e. The van der Waals surface area contributed by atoms with Crippen molar-refractivity contribution in [3.8, 4) is 0 Å². The Balaban J connectivity index is 1.82. The van der Waals surface area contributed by atoms with Crippen molar-refractivity contribution in [2.75, 3.05) is 11.4 Å². The van der Waals surface area contributed by atoms with Gasteiger partial charge in [0.05, 0.1) is 5.92 Å². The lowest BCUT2D eigenvalue weighted by molar-refractivity contribution is -0.117. The number of amides is 1. The van der Waals surface area contributed by atoms with E-state index in [1.165, 1.54) is 6.39 Å². The third-order valence-electron chi connectivity index (χ3n) is 2.99. The summed E-state index contributed by atoms with van der Waals surface area (Å²) in [6.07, 6.45) is 1.68. The van der Waals surface area contributed by atoms with Gasteiger partial charge in [-0.1, -0.05) is 11.6 Å². The molecule has 1 saturated heterocycles. The van der Waals surface area contributed by atoms with Crippen molar-refractivity contribution < 1.29 is 9.21 Å². The van der Waals surface area contributed by atoms with E-state index in [1.54, 1.807) is 17.0 Å². The Morgan fingerprint density at radius 1 is 1.33 bits per heavy atom. The maximum Gasteiger partial charge on any atom is 0.227 e. The lowest BCUT2D eigenvalue weighted by Gasteiger charge is -2.15. The first-order valence-corrected chi connectivity index (χ1v) is 5.94. The Labute approximate surface area is 108 Å². The number of hydrogen-bond donors (Lipinski definition) is 0. The average molecular weight is 264 g/mol. The highest BCUT2D eigenvalue weighted by Gasteiger charge is 2.34. The molecule has 0 unspecified atom stereocenters. The summed E-state index contributed by atoms with van der Waals surface area (Å²) in [6, 6.07) is 7.20. The zero-order valence-electron chi connectivity index (χ0n) is 9.41. The van der Waals surface area contributed by atoms with Gasteiger partial charge >= 0.3 is 0 Å². The molecule has 3 rings (SSSR count). The molecule has 2 aromatic rings. The fraction of sp³-hybridized carbons (Fsp3) is 0.250. The molecular weight excluding hydrogens is 254 g/mol. The molecule has 5 nitrogen and oxygen atoms in total. The van der Waals surface area contributed by atoms with Gasteiger partial charge in [0.1, 0.15) is 0 Å². The predicted molar refractivity (Wildman–Crippen MR) is 65.5 cm³/mol. The molecule has 0 bridgehead atoms. The van der Waals surface area contributed by atoms with Crippen molar-refractivity contribution in [2.24, 2.45) is 0 Å². The molecule has 0 saturated carbocycles. The van der Waals surface area contributed by atoms with Crippen molar-refractivity contribution in [1.82, 2.24) is 10.2 Å². The minimum absolute atomic E-state index is 0.0318. The summed E-state index contributed by atoms with van der Waals surface area (Å²) < 4.78 is 5.15. The van der Waals surface area contributed by atoms with Gasteiger partial charge < -0.3 is 9.32 Å². The van der Waals surface area contributed by atoms with Crippen LogP contribution >= 0.6 is 11.6 Å². The number of halogens is 1. The first kappa shape index (κ1) is 11.2. The van der Waals surface area contributed by atoms with Crippen molar-refractivity contribution in [2.45, 2.75) is 12.3 Å². The topological polar surface area (TPSA) is 59.2 Å². The minimum atomic E-state index is -0.0318. The highest BCUT2D eigenvalue weighted by atomic mass is 35.5. The van der Waals surface area contributed by atoms with Crippen LogP contribution in [0.1, 0.15) is 18.2 Å². The molecule has 1 aromatic carbocycles. The third-order valence-corrected chi connectivity index (χ3v) is 3.24. The van der Waals surface area contributed by atoms with Gasteiger partial charge in [-0.05, 0) is 24.3 Å². The summed E-state index contributed by atoms with van der Waals surface area (Å²) in [5.74, 6) is 0.538. The van der Waals surface area contributed by atoms with E-state index in [4.69, 9.17) is 16.0 Å². The van der Waals surface area contributed by atoms with Gasteiger partial charge in [0, 0.05) is 23.7 Å². The maximum atomic E-state index is 12.0. The summed E-state index contributed by atoms with van der Waals surface area (Å²) >= 11 is 5.83. The standard InChI is InChI=1S/C12H10ClN3O2/c13-9-1-3-10(4-2-9)16-6-8(5-11(16)17)12-15-14-7-18-12/h1-4,7-8H,5-6H2/t8-/m1/s1. The van der Waals surface area contributed by atoms with Gasteiger partial charge in [0.15, 0.2) is 0 Å². The first-order valence-electron chi connectivity index (χ1n) is 5.56. The van der Waals surface area contributed by atoms with Crippen LogP contribution in [0.15, 0.2) is 35.1 Å². The number of rotatable bonds is 2. The molecule has 1 atom stereocenters. The van der Waals surface area contributed by atoms with Crippen LogP contribution in [0.25, 0.3) is 0 Å². The average Bonchev–Trinajstić information content (AvgIpc) is 2.99. The molecule has 1 aliphatic heterocycles. The normalized spacial score (nSPS) is 19.5. The fourth-order valence-corrected chi connectivity index (χ4v) is 2.23. The second-order valence-corrected chi connectivity index (χ2v) is 4.60. The highest BCUT2D eigenvalue weighted by Crippen LogP contribution is 2.31. The molecule has 0 spiro atoms. The number of carbonyl (C=O) groups excluding carboxylic acids is 1. The molecule has 18 heavy (non-hydrogen) atoms. The van der Waals surface area contributed by atoms with E-state index in [0.29, 0.717) is 23.9 Å². The predicted octanol–water partition coefficient (Wildman–Crippen LogP) is 2.24. The number of anilines is 1. The molecule has 0 aliphatic carbocycles. The van der Waals surface area contributed by atoms with Gasteiger partial charge in [0.25, 0.3) is 0 Å². The second-order valence-electron chi connectivity index (χ2n) is 4.16. The molecule has 1 amide bonds. The Hall–Kier alpha value is -1.88. The quantitative estimate of drug-likeness (QED) is 0.834. The molecule has 0 N–H and O–H groups in total. The number of benzene rings is 1. The molecule has 0 radical (unpaired) electrons. The lowest BCUT2D eigenvalue weighted by Crippen LogP contribution is -2.24. The van der Waals surface area contributed by atoms with Crippen LogP contribution in [0.5, 0.6) is 0 Å². The van der Waals surface area contributed by atoms with Crippen LogP contribution < -0.4 is 4.90 Å². The second kappa shape index (κ2) is 4.42. The molecule has 1 fully saturated rings. The van der Waals surface area contributed by atoms with Crippen molar-refractivity contribution >= 4 is 23.2 Å². The van der Waals surface area contributed by atoms with Crippen LogP contribution in [0.4, 0.5) is 5.69 Å². The summed E-state index contributed by atoms with van der Waals surface area (Å²) in [6.45, 7) is 0.558. The molecule has 92 valence electrons. The van der Waals surface area contributed by atoms with E-state index in [9.17, 15) is 4.79 Å². The van der Waals surface area contributed by atoms with Crippen LogP contribution in [-0.4, -0.2) is 22.6 Å². The van der Waals surface area contributed by atoms with E-state index in [0.717, 1.165) is 5.69 Å². The summed E-state index contributed by atoms with van der Waals surface area (Å²) in [5.41, 5.74) is 0.839. The van der Waals surface area contributed by atoms with Gasteiger partial charge in [-0.2, -0.15) is 0 Å².